The number of ether oxygens (including phenoxy) is 2. The van der Waals surface area contributed by atoms with Crippen molar-refractivity contribution in [3.8, 4) is 11.5 Å². The molecule has 156 valence electrons. The van der Waals surface area contributed by atoms with E-state index in [0.717, 1.165) is 36.4 Å². The third kappa shape index (κ3) is 6.62. The Morgan fingerprint density at radius 2 is 1.96 bits per heavy atom. The van der Waals surface area contributed by atoms with Gasteiger partial charge in [-0.3, -0.25) is 4.79 Å². The number of nitrogens with one attached hydrogen (secondary N) is 2. The van der Waals surface area contributed by atoms with Gasteiger partial charge in [0.15, 0.2) is 5.96 Å². The van der Waals surface area contributed by atoms with Gasteiger partial charge in [0.25, 0.3) is 0 Å². The van der Waals surface area contributed by atoms with E-state index < -0.39 is 0 Å². The number of carbonyl (C=O) groups is 1. The Bertz CT molecular complexity index is 657. The van der Waals surface area contributed by atoms with Crippen molar-refractivity contribution in [1.29, 1.82) is 0 Å². The molecular weight excluding hydrogens is 356 g/mol. The van der Waals surface area contributed by atoms with Gasteiger partial charge in [0.2, 0.25) is 5.91 Å². The summed E-state index contributed by atoms with van der Waals surface area (Å²) in [6.07, 6.45) is 5.82. The zero-order valence-corrected chi connectivity index (χ0v) is 17.6. The first-order chi connectivity index (χ1) is 13.6. The van der Waals surface area contributed by atoms with Gasteiger partial charge in [-0.05, 0) is 31.9 Å². The molecule has 0 saturated heterocycles. The molecular formula is C21H34N4O3. The number of benzene rings is 1. The van der Waals surface area contributed by atoms with E-state index in [2.05, 4.69) is 15.6 Å². The van der Waals surface area contributed by atoms with E-state index in [1.54, 1.807) is 14.2 Å². The Kier molecular flexibility index (Phi) is 8.91. The van der Waals surface area contributed by atoms with Crippen LogP contribution in [0.15, 0.2) is 23.2 Å². The molecule has 0 heterocycles. The molecule has 28 heavy (non-hydrogen) atoms. The molecule has 0 aromatic heterocycles. The van der Waals surface area contributed by atoms with Crippen molar-refractivity contribution in [3.05, 3.63) is 23.8 Å². The van der Waals surface area contributed by atoms with Crippen LogP contribution >= 0.6 is 0 Å². The number of carbonyl (C=O) groups excluding carboxylic acids is 1. The van der Waals surface area contributed by atoms with Crippen LogP contribution in [0.25, 0.3) is 0 Å². The molecule has 7 nitrogen and oxygen atoms in total. The fourth-order valence-electron chi connectivity index (χ4n) is 3.45. The lowest BCUT2D eigenvalue weighted by Gasteiger charge is -2.24. The summed E-state index contributed by atoms with van der Waals surface area (Å²) in [6, 6.07) is 6.06. The van der Waals surface area contributed by atoms with Crippen LogP contribution in [-0.4, -0.2) is 57.2 Å². The summed E-state index contributed by atoms with van der Waals surface area (Å²) in [4.78, 5) is 18.8. The van der Waals surface area contributed by atoms with E-state index in [1.165, 1.54) is 19.3 Å². The molecule has 0 unspecified atom stereocenters. The van der Waals surface area contributed by atoms with Crippen LogP contribution < -0.4 is 20.1 Å². The second-order valence-corrected chi connectivity index (χ2v) is 7.11. The minimum absolute atomic E-state index is 0.0160. The number of rotatable bonds is 8. The van der Waals surface area contributed by atoms with Gasteiger partial charge in [-0.25, -0.2) is 4.99 Å². The monoisotopic (exact) mass is 390 g/mol. The van der Waals surface area contributed by atoms with Gasteiger partial charge >= 0.3 is 0 Å². The predicted octanol–water partition coefficient (Wildman–Crippen LogP) is 2.55. The van der Waals surface area contributed by atoms with Crippen LogP contribution in [0.2, 0.25) is 0 Å². The molecule has 1 aromatic carbocycles. The van der Waals surface area contributed by atoms with Crippen molar-refractivity contribution in [2.24, 2.45) is 4.99 Å². The summed E-state index contributed by atoms with van der Waals surface area (Å²) in [6.45, 7) is 3.47. The maximum Gasteiger partial charge on any atom is 0.242 e. The summed E-state index contributed by atoms with van der Waals surface area (Å²) >= 11 is 0. The van der Waals surface area contributed by atoms with Crippen LogP contribution in [0.4, 0.5) is 0 Å². The van der Waals surface area contributed by atoms with Crippen LogP contribution in [0.3, 0.4) is 0 Å². The molecule has 0 spiro atoms. The Hall–Kier alpha value is -2.44. The Morgan fingerprint density at radius 1 is 1.21 bits per heavy atom. The molecule has 7 heteroatoms. The highest BCUT2D eigenvalue weighted by Gasteiger charge is 2.16. The third-order valence-electron chi connectivity index (χ3n) is 4.94. The second-order valence-electron chi connectivity index (χ2n) is 7.11. The fourth-order valence-corrected chi connectivity index (χ4v) is 3.45. The van der Waals surface area contributed by atoms with Gasteiger partial charge in [0.1, 0.15) is 18.0 Å². The molecule has 1 aliphatic carbocycles. The highest BCUT2D eigenvalue weighted by Crippen LogP contribution is 2.25. The number of nitrogens with zero attached hydrogens (tertiary/aromatic N) is 2. The van der Waals surface area contributed by atoms with Gasteiger partial charge in [-0.15, -0.1) is 0 Å². The molecule has 1 saturated carbocycles. The Labute approximate surface area is 168 Å². The molecule has 0 bridgehead atoms. The first kappa shape index (κ1) is 21.9. The van der Waals surface area contributed by atoms with Gasteiger partial charge in [0, 0.05) is 37.8 Å². The highest BCUT2D eigenvalue weighted by molar-refractivity contribution is 5.85. The van der Waals surface area contributed by atoms with E-state index in [1.807, 2.05) is 37.1 Å². The van der Waals surface area contributed by atoms with Crippen molar-refractivity contribution < 1.29 is 14.3 Å². The molecule has 1 aliphatic rings. The van der Waals surface area contributed by atoms with Gasteiger partial charge < -0.3 is 25.0 Å². The molecule has 1 fully saturated rings. The Balaban J connectivity index is 1.99. The largest absolute Gasteiger partial charge is 0.497 e. The fraction of sp³-hybridized carbons (Fsp3) is 0.619. The van der Waals surface area contributed by atoms with Gasteiger partial charge in [0.05, 0.1) is 14.2 Å². The molecule has 2 N–H and O–H groups in total. The van der Waals surface area contributed by atoms with Crippen LogP contribution in [0.1, 0.15) is 44.6 Å². The molecule has 0 radical (unpaired) electrons. The predicted molar refractivity (Wildman–Crippen MR) is 112 cm³/mol. The zero-order chi connectivity index (χ0) is 20.4. The summed E-state index contributed by atoms with van der Waals surface area (Å²) in [7, 11) is 5.23. The number of guanidine groups is 1. The van der Waals surface area contributed by atoms with Crippen molar-refractivity contribution in [2.45, 2.75) is 51.6 Å². The van der Waals surface area contributed by atoms with E-state index in [9.17, 15) is 4.79 Å². The number of aliphatic imine (C=N–C) groups is 1. The van der Waals surface area contributed by atoms with Crippen LogP contribution in [0, 0.1) is 0 Å². The van der Waals surface area contributed by atoms with Crippen LogP contribution in [0.5, 0.6) is 11.5 Å². The van der Waals surface area contributed by atoms with E-state index >= 15 is 0 Å². The number of hydrogen-bond donors (Lipinski definition) is 2. The SMILES string of the molecule is CCNC(=NCC(=O)NC1CCCCC1)N(C)Cc1ccc(OC)cc1OC. The standard InChI is InChI=1S/C21H34N4O3/c1-5-22-21(23-14-20(26)24-17-9-7-6-8-10-17)25(2)15-16-11-12-18(27-3)13-19(16)28-4/h11-13,17H,5-10,14-15H2,1-4H3,(H,22,23)(H,24,26). The van der Waals surface area contributed by atoms with Crippen molar-refractivity contribution in [3.63, 3.8) is 0 Å². The first-order valence-corrected chi connectivity index (χ1v) is 10.1. The smallest absolute Gasteiger partial charge is 0.242 e. The lowest BCUT2D eigenvalue weighted by Crippen LogP contribution is -2.41. The lowest BCUT2D eigenvalue weighted by molar-refractivity contribution is -0.120. The summed E-state index contributed by atoms with van der Waals surface area (Å²) in [5, 5.41) is 6.36. The summed E-state index contributed by atoms with van der Waals surface area (Å²) in [5.74, 6) is 2.19. The molecule has 1 amide bonds. The molecule has 2 rings (SSSR count). The number of methoxy groups -OCH3 is 2. The maximum absolute atomic E-state index is 12.3. The lowest BCUT2D eigenvalue weighted by atomic mass is 9.95. The van der Waals surface area contributed by atoms with Crippen molar-refractivity contribution in [1.82, 2.24) is 15.5 Å². The topological polar surface area (TPSA) is 75.2 Å². The van der Waals surface area contributed by atoms with Gasteiger partial charge in [-0.1, -0.05) is 19.3 Å². The number of hydrogen-bond acceptors (Lipinski definition) is 4. The second kappa shape index (κ2) is 11.4. The summed E-state index contributed by atoms with van der Waals surface area (Å²) in [5.41, 5.74) is 1.02. The van der Waals surface area contributed by atoms with Gasteiger partial charge in [-0.2, -0.15) is 0 Å². The molecule has 1 aromatic rings. The van der Waals surface area contributed by atoms with E-state index in [-0.39, 0.29) is 12.5 Å². The Morgan fingerprint density at radius 3 is 2.61 bits per heavy atom. The van der Waals surface area contributed by atoms with Crippen LogP contribution in [-0.2, 0) is 11.3 Å². The van der Waals surface area contributed by atoms with Crippen molar-refractivity contribution >= 4 is 11.9 Å². The number of amides is 1. The quantitative estimate of drug-likeness (QED) is 0.527. The molecule has 0 atom stereocenters. The zero-order valence-electron chi connectivity index (χ0n) is 17.6. The third-order valence-corrected chi connectivity index (χ3v) is 4.94. The first-order valence-electron chi connectivity index (χ1n) is 10.1. The average molecular weight is 391 g/mol. The minimum Gasteiger partial charge on any atom is -0.497 e. The molecule has 0 aliphatic heterocycles. The summed E-state index contributed by atoms with van der Waals surface area (Å²) < 4.78 is 10.7. The van der Waals surface area contributed by atoms with Crippen molar-refractivity contribution in [2.75, 3.05) is 34.4 Å². The highest BCUT2D eigenvalue weighted by atomic mass is 16.5. The maximum atomic E-state index is 12.3. The van der Waals surface area contributed by atoms with E-state index in [4.69, 9.17) is 9.47 Å². The van der Waals surface area contributed by atoms with E-state index in [0.29, 0.717) is 18.5 Å². The minimum atomic E-state index is -0.0160. The normalized spacial score (nSPS) is 15.1. The average Bonchev–Trinajstić information content (AvgIpc) is 2.72.